The van der Waals surface area contributed by atoms with Gasteiger partial charge in [0.15, 0.2) is 0 Å². The maximum Gasteiger partial charge on any atom is 0.417 e. The minimum atomic E-state index is -4.77. The molecule has 0 bridgehead atoms. The maximum absolute atomic E-state index is 12.8. The van der Waals surface area contributed by atoms with Crippen molar-refractivity contribution >= 4 is 10.0 Å². The van der Waals surface area contributed by atoms with Gasteiger partial charge in [-0.2, -0.15) is 23.2 Å². The number of alkyl halides is 3. The van der Waals surface area contributed by atoms with E-state index in [1.54, 1.807) is 6.07 Å². The van der Waals surface area contributed by atoms with Crippen LogP contribution in [0.3, 0.4) is 0 Å². The first kappa shape index (κ1) is 14.8. The zero-order chi connectivity index (χ0) is 15.0. The van der Waals surface area contributed by atoms with E-state index < -0.39 is 32.7 Å². The van der Waals surface area contributed by atoms with Crippen molar-refractivity contribution in [3.8, 4) is 6.07 Å². The van der Waals surface area contributed by atoms with Gasteiger partial charge in [0.25, 0.3) is 0 Å². The summed E-state index contributed by atoms with van der Waals surface area (Å²) in [4.78, 5) is -0.853. The molecule has 0 spiro atoms. The smallest absolute Gasteiger partial charge is 0.207 e. The van der Waals surface area contributed by atoms with E-state index in [0.29, 0.717) is 18.9 Å². The fourth-order valence-corrected chi connectivity index (χ4v) is 3.26. The molecule has 1 saturated carbocycles. The molecule has 108 valence electrons. The van der Waals surface area contributed by atoms with Crippen LogP contribution in [0.1, 0.15) is 18.4 Å². The Morgan fingerprint density at radius 2 is 1.90 bits per heavy atom. The van der Waals surface area contributed by atoms with Crippen LogP contribution in [-0.4, -0.2) is 14.5 Å². The SMILES string of the molecule is N#CC(NS(=O)(=O)c1ccccc1C(F)(F)F)C1CC1. The Morgan fingerprint density at radius 3 is 2.40 bits per heavy atom. The Balaban J connectivity index is 2.37. The third-order valence-electron chi connectivity index (χ3n) is 3.00. The van der Waals surface area contributed by atoms with Crippen molar-refractivity contribution in [2.75, 3.05) is 0 Å². The van der Waals surface area contributed by atoms with Gasteiger partial charge < -0.3 is 0 Å². The topological polar surface area (TPSA) is 70.0 Å². The number of benzene rings is 1. The molecule has 0 heterocycles. The van der Waals surface area contributed by atoms with E-state index in [1.807, 2.05) is 4.72 Å². The quantitative estimate of drug-likeness (QED) is 0.927. The third kappa shape index (κ3) is 3.11. The number of nitrogens with zero attached hydrogens (tertiary/aromatic N) is 1. The zero-order valence-electron chi connectivity index (χ0n) is 10.2. The fourth-order valence-electron chi connectivity index (χ4n) is 1.82. The molecule has 0 aromatic heterocycles. The number of hydrogen-bond acceptors (Lipinski definition) is 3. The van der Waals surface area contributed by atoms with Crippen molar-refractivity contribution in [1.29, 1.82) is 5.26 Å². The van der Waals surface area contributed by atoms with Crippen LogP contribution < -0.4 is 4.72 Å². The lowest BCUT2D eigenvalue weighted by Gasteiger charge is -2.15. The summed E-state index contributed by atoms with van der Waals surface area (Å²) in [6, 6.07) is 4.70. The van der Waals surface area contributed by atoms with Gasteiger partial charge in [-0.05, 0) is 30.9 Å². The number of nitriles is 1. The van der Waals surface area contributed by atoms with E-state index in [-0.39, 0.29) is 5.92 Å². The third-order valence-corrected chi connectivity index (χ3v) is 4.50. The lowest BCUT2D eigenvalue weighted by Crippen LogP contribution is -2.36. The number of halogens is 3. The van der Waals surface area contributed by atoms with Crippen LogP contribution in [0, 0.1) is 17.2 Å². The highest BCUT2D eigenvalue weighted by Crippen LogP contribution is 2.36. The van der Waals surface area contributed by atoms with Crippen LogP contribution in [-0.2, 0) is 16.2 Å². The second-order valence-electron chi connectivity index (χ2n) is 4.56. The fraction of sp³-hybridized carbons (Fsp3) is 0.417. The molecule has 1 aliphatic carbocycles. The Bertz CT molecular complexity index is 645. The summed E-state index contributed by atoms with van der Waals surface area (Å²) in [6.45, 7) is 0. The van der Waals surface area contributed by atoms with Gasteiger partial charge in [-0.1, -0.05) is 12.1 Å². The number of hydrogen-bond donors (Lipinski definition) is 1. The summed E-state index contributed by atoms with van der Waals surface area (Å²) >= 11 is 0. The predicted octanol–water partition coefficient (Wildman–Crippen LogP) is 2.29. The minimum absolute atomic E-state index is 0.118. The molecular formula is C12H11F3N2O2S. The van der Waals surface area contributed by atoms with Crippen LogP contribution in [0.4, 0.5) is 13.2 Å². The van der Waals surface area contributed by atoms with Crippen molar-refractivity contribution in [2.45, 2.75) is 30.0 Å². The Morgan fingerprint density at radius 1 is 1.30 bits per heavy atom. The van der Waals surface area contributed by atoms with Crippen LogP contribution in [0.15, 0.2) is 29.2 Å². The lowest BCUT2D eigenvalue weighted by atomic mass is 10.2. The first-order chi connectivity index (χ1) is 9.25. The van der Waals surface area contributed by atoms with Crippen LogP contribution in [0.25, 0.3) is 0 Å². The van der Waals surface area contributed by atoms with Crippen molar-refractivity contribution in [3.05, 3.63) is 29.8 Å². The Hall–Kier alpha value is -1.59. The van der Waals surface area contributed by atoms with E-state index in [9.17, 15) is 21.6 Å². The minimum Gasteiger partial charge on any atom is -0.207 e. The molecule has 1 N–H and O–H groups in total. The van der Waals surface area contributed by atoms with Gasteiger partial charge >= 0.3 is 6.18 Å². The second kappa shape index (κ2) is 5.07. The molecular weight excluding hydrogens is 293 g/mol. The van der Waals surface area contributed by atoms with Gasteiger partial charge in [0.05, 0.1) is 16.5 Å². The summed E-state index contributed by atoms with van der Waals surface area (Å²) in [7, 11) is -4.38. The normalized spacial score (nSPS) is 17.5. The molecule has 0 aliphatic heterocycles. The van der Waals surface area contributed by atoms with Crippen molar-refractivity contribution < 1.29 is 21.6 Å². The first-order valence-electron chi connectivity index (χ1n) is 5.84. The van der Waals surface area contributed by atoms with E-state index in [1.165, 1.54) is 6.07 Å². The number of sulfonamides is 1. The second-order valence-corrected chi connectivity index (χ2v) is 6.24. The molecule has 8 heteroatoms. The molecule has 1 atom stereocenters. The van der Waals surface area contributed by atoms with E-state index >= 15 is 0 Å². The van der Waals surface area contributed by atoms with Crippen molar-refractivity contribution in [1.82, 2.24) is 4.72 Å². The van der Waals surface area contributed by atoms with E-state index in [4.69, 9.17) is 5.26 Å². The van der Waals surface area contributed by atoms with Gasteiger partial charge in [0, 0.05) is 0 Å². The molecule has 0 amide bonds. The largest absolute Gasteiger partial charge is 0.417 e. The Kier molecular flexibility index (Phi) is 3.75. The van der Waals surface area contributed by atoms with Crippen molar-refractivity contribution in [3.63, 3.8) is 0 Å². The Labute approximate surface area is 114 Å². The highest BCUT2D eigenvalue weighted by molar-refractivity contribution is 7.89. The van der Waals surface area contributed by atoms with Gasteiger partial charge in [-0.3, -0.25) is 0 Å². The summed E-state index contributed by atoms with van der Waals surface area (Å²) in [6.07, 6.45) is -3.38. The summed E-state index contributed by atoms with van der Waals surface area (Å²) in [5, 5.41) is 8.88. The van der Waals surface area contributed by atoms with Crippen LogP contribution in [0.5, 0.6) is 0 Å². The molecule has 4 nitrogen and oxygen atoms in total. The van der Waals surface area contributed by atoms with Gasteiger partial charge in [0.2, 0.25) is 10.0 Å². The molecule has 0 radical (unpaired) electrons. The molecule has 1 fully saturated rings. The zero-order valence-corrected chi connectivity index (χ0v) is 11.0. The average Bonchev–Trinajstić information content (AvgIpc) is 3.19. The van der Waals surface area contributed by atoms with Crippen molar-refractivity contribution in [2.24, 2.45) is 5.92 Å². The van der Waals surface area contributed by atoms with Gasteiger partial charge in [-0.15, -0.1) is 0 Å². The highest BCUT2D eigenvalue weighted by atomic mass is 32.2. The molecule has 1 aromatic carbocycles. The van der Waals surface area contributed by atoms with Crippen LogP contribution >= 0.6 is 0 Å². The van der Waals surface area contributed by atoms with E-state index in [2.05, 4.69) is 0 Å². The number of rotatable bonds is 4. The summed E-state index contributed by atoms with van der Waals surface area (Å²) < 4.78 is 64.6. The highest BCUT2D eigenvalue weighted by Gasteiger charge is 2.39. The molecule has 20 heavy (non-hydrogen) atoms. The summed E-state index contributed by atoms with van der Waals surface area (Å²) in [5.41, 5.74) is -1.24. The number of nitrogens with one attached hydrogen (secondary N) is 1. The molecule has 2 rings (SSSR count). The van der Waals surface area contributed by atoms with Gasteiger partial charge in [0.1, 0.15) is 6.04 Å². The maximum atomic E-state index is 12.8. The standard InChI is InChI=1S/C12H11F3N2O2S/c13-12(14,15)9-3-1-2-4-11(9)20(18,19)17-10(7-16)8-5-6-8/h1-4,8,10,17H,5-6H2. The predicted molar refractivity (Wildman–Crippen MR) is 63.9 cm³/mol. The molecule has 1 unspecified atom stereocenters. The molecule has 1 aromatic rings. The molecule has 0 saturated heterocycles. The van der Waals surface area contributed by atoms with E-state index in [0.717, 1.165) is 12.1 Å². The summed E-state index contributed by atoms with van der Waals surface area (Å²) in [5.74, 6) is -0.118. The van der Waals surface area contributed by atoms with Gasteiger partial charge in [-0.25, -0.2) is 8.42 Å². The molecule has 1 aliphatic rings. The monoisotopic (exact) mass is 304 g/mol. The first-order valence-corrected chi connectivity index (χ1v) is 7.32. The van der Waals surface area contributed by atoms with Crippen LogP contribution in [0.2, 0.25) is 0 Å². The average molecular weight is 304 g/mol. The lowest BCUT2D eigenvalue weighted by molar-refractivity contribution is -0.139.